The third kappa shape index (κ3) is 4.52. The molecule has 3 rings (SSSR count). The van der Waals surface area contributed by atoms with E-state index in [1.54, 1.807) is 29.0 Å². The second-order valence-corrected chi connectivity index (χ2v) is 6.91. The Morgan fingerprint density at radius 3 is 2.56 bits per heavy atom. The molecule has 0 bridgehead atoms. The SMILES string of the molecule is O=C(COC(=O)c1ccsc1)NC(c1ccc(F)cc1)c1cccs1. The first kappa shape index (κ1) is 17.3. The maximum atomic E-state index is 13.2. The largest absolute Gasteiger partial charge is 0.452 e. The molecule has 2 heterocycles. The van der Waals surface area contributed by atoms with Crippen molar-refractivity contribution in [1.29, 1.82) is 0 Å². The predicted octanol–water partition coefficient (Wildman–Crippen LogP) is 4.01. The molecule has 0 spiro atoms. The van der Waals surface area contributed by atoms with E-state index in [1.807, 2.05) is 17.5 Å². The van der Waals surface area contributed by atoms with Gasteiger partial charge in [-0.05, 0) is 40.6 Å². The van der Waals surface area contributed by atoms with E-state index in [4.69, 9.17) is 4.74 Å². The summed E-state index contributed by atoms with van der Waals surface area (Å²) in [5, 5.41) is 8.15. The highest BCUT2D eigenvalue weighted by atomic mass is 32.1. The Kier molecular flexibility index (Phi) is 5.57. The summed E-state index contributed by atoms with van der Waals surface area (Å²) in [6, 6.07) is 10.9. The van der Waals surface area contributed by atoms with Crippen LogP contribution in [0.3, 0.4) is 0 Å². The van der Waals surface area contributed by atoms with E-state index in [0.717, 1.165) is 10.4 Å². The van der Waals surface area contributed by atoms with Gasteiger partial charge in [0.25, 0.3) is 5.91 Å². The minimum Gasteiger partial charge on any atom is -0.452 e. The molecular formula is C18H14FNO3S2. The Hall–Kier alpha value is -2.51. The highest BCUT2D eigenvalue weighted by Crippen LogP contribution is 2.26. The number of carbonyl (C=O) groups is 2. The number of thiophene rings is 2. The van der Waals surface area contributed by atoms with Gasteiger partial charge in [0, 0.05) is 10.3 Å². The maximum absolute atomic E-state index is 13.2. The molecule has 0 aliphatic carbocycles. The topological polar surface area (TPSA) is 55.4 Å². The average molecular weight is 375 g/mol. The lowest BCUT2D eigenvalue weighted by Crippen LogP contribution is -2.32. The number of halogens is 1. The molecule has 0 saturated heterocycles. The van der Waals surface area contributed by atoms with Crippen molar-refractivity contribution in [2.75, 3.05) is 6.61 Å². The van der Waals surface area contributed by atoms with Crippen molar-refractivity contribution in [2.24, 2.45) is 0 Å². The molecule has 1 atom stereocenters. The third-order valence-corrected chi connectivity index (χ3v) is 5.05. The summed E-state index contributed by atoms with van der Waals surface area (Å²) in [7, 11) is 0. The van der Waals surface area contributed by atoms with Crippen molar-refractivity contribution in [2.45, 2.75) is 6.04 Å². The van der Waals surface area contributed by atoms with E-state index in [9.17, 15) is 14.0 Å². The van der Waals surface area contributed by atoms with Crippen molar-refractivity contribution < 1.29 is 18.7 Å². The normalized spacial score (nSPS) is 11.7. The van der Waals surface area contributed by atoms with Crippen LogP contribution in [0, 0.1) is 5.82 Å². The molecule has 0 saturated carbocycles. The number of rotatable bonds is 6. The molecule has 1 amide bonds. The van der Waals surface area contributed by atoms with E-state index in [-0.39, 0.29) is 12.4 Å². The number of carbonyl (C=O) groups excluding carboxylic acids is 2. The third-order valence-electron chi connectivity index (χ3n) is 3.43. The molecule has 1 N–H and O–H groups in total. The summed E-state index contributed by atoms with van der Waals surface area (Å²) in [6.45, 7) is -0.377. The highest BCUT2D eigenvalue weighted by molar-refractivity contribution is 7.10. The van der Waals surface area contributed by atoms with Gasteiger partial charge in [-0.15, -0.1) is 11.3 Å². The number of ether oxygens (including phenoxy) is 1. The number of hydrogen-bond donors (Lipinski definition) is 1. The first-order valence-electron chi connectivity index (χ1n) is 7.41. The molecule has 0 aliphatic rings. The van der Waals surface area contributed by atoms with Gasteiger partial charge in [0.05, 0.1) is 11.6 Å². The minimum atomic E-state index is -0.536. The molecule has 3 aromatic rings. The van der Waals surface area contributed by atoms with E-state index < -0.39 is 17.9 Å². The molecule has 7 heteroatoms. The smallest absolute Gasteiger partial charge is 0.339 e. The van der Waals surface area contributed by atoms with Crippen molar-refractivity contribution in [3.8, 4) is 0 Å². The molecule has 2 aromatic heterocycles. The summed E-state index contributed by atoms with van der Waals surface area (Å²) in [5.74, 6) is -1.30. The van der Waals surface area contributed by atoms with Crippen LogP contribution < -0.4 is 5.32 Å². The van der Waals surface area contributed by atoms with Crippen LogP contribution in [0.4, 0.5) is 4.39 Å². The van der Waals surface area contributed by atoms with Crippen LogP contribution >= 0.6 is 22.7 Å². The number of hydrogen-bond acceptors (Lipinski definition) is 5. The van der Waals surface area contributed by atoms with Crippen LogP contribution in [0.25, 0.3) is 0 Å². The summed E-state index contributed by atoms with van der Waals surface area (Å²) < 4.78 is 18.2. The van der Waals surface area contributed by atoms with Gasteiger partial charge < -0.3 is 10.1 Å². The Morgan fingerprint density at radius 1 is 1.12 bits per heavy atom. The number of esters is 1. The van der Waals surface area contributed by atoms with Crippen LogP contribution in [-0.4, -0.2) is 18.5 Å². The van der Waals surface area contributed by atoms with Crippen LogP contribution in [0.5, 0.6) is 0 Å². The zero-order chi connectivity index (χ0) is 17.6. The van der Waals surface area contributed by atoms with Gasteiger partial charge in [0.1, 0.15) is 5.82 Å². The monoisotopic (exact) mass is 375 g/mol. The first-order chi connectivity index (χ1) is 12.1. The van der Waals surface area contributed by atoms with Gasteiger partial charge in [-0.2, -0.15) is 11.3 Å². The van der Waals surface area contributed by atoms with Gasteiger partial charge in [-0.1, -0.05) is 18.2 Å². The van der Waals surface area contributed by atoms with E-state index in [1.165, 1.54) is 34.8 Å². The summed E-state index contributed by atoms with van der Waals surface area (Å²) in [5.41, 5.74) is 1.17. The number of nitrogens with one attached hydrogen (secondary N) is 1. The predicted molar refractivity (Wildman–Crippen MR) is 95.3 cm³/mol. The number of amides is 1. The van der Waals surface area contributed by atoms with Crippen LogP contribution in [0.1, 0.15) is 26.8 Å². The van der Waals surface area contributed by atoms with Crippen molar-refractivity contribution >= 4 is 34.6 Å². The molecule has 1 unspecified atom stereocenters. The van der Waals surface area contributed by atoms with Crippen LogP contribution in [-0.2, 0) is 9.53 Å². The Labute approximate surface area is 151 Å². The second-order valence-electron chi connectivity index (χ2n) is 5.16. The fourth-order valence-electron chi connectivity index (χ4n) is 2.23. The van der Waals surface area contributed by atoms with Gasteiger partial charge in [-0.25, -0.2) is 9.18 Å². The molecule has 0 aliphatic heterocycles. The lowest BCUT2D eigenvalue weighted by molar-refractivity contribution is -0.124. The first-order valence-corrected chi connectivity index (χ1v) is 9.23. The molecule has 4 nitrogen and oxygen atoms in total. The fourth-order valence-corrected chi connectivity index (χ4v) is 3.65. The average Bonchev–Trinajstić information content (AvgIpc) is 3.31. The van der Waals surface area contributed by atoms with Crippen LogP contribution in [0.2, 0.25) is 0 Å². The number of benzene rings is 1. The van der Waals surface area contributed by atoms with Crippen LogP contribution in [0.15, 0.2) is 58.6 Å². The Balaban J connectivity index is 1.67. The summed E-state index contributed by atoms with van der Waals surface area (Å²) in [4.78, 5) is 24.9. The lowest BCUT2D eigenvalue weighted by atomic mass is 10.1. The van der Waals surface area contributed by atoms with Gasteiger partial charge in [-0.3, -0.25) is 4.79 Å². The molecular weight excluding hydrogens is 361 g/mol. The highest BCUT2D eigenvalue weighted by Gasteiger charge is 2.19. The minimum absolute atomic E-state index is 0.343. The van der Waals surface area contributed by atoms with Crippen molar-refractivity contribution in [1.82, 2.24) is 5.32 Å². The molecule has 1 aromatic carbocycles. The summed E-state index contributed by atoms with van der Waals surface area (Å²) >= 11 is 2.86. The van der Waals surface area contributed by atoms with Gasteiger partial charge in [0.15, 0.2) is 6.61 Å². The fraction of sp³-hybridized carbons (Fsp3) is 0.111. The zero-order valence-electron chi connectivity index (χ0n) is 13.0. The Bertz CT molecular complexity index is 830. The summed E-state index contributed by atoms with van der Waals surface area (Å²) in [6.07, 6.45) is 0. The standard InChI is InChI=1S/C18H14FNO3S2/c19-14-5-3-12(4-6-14)17(15-2-1-8-25-15)20-16(21)10-23-18(22)13-7-9-24-11-13/h1-9,11,17H,10H2,(H,20,21). The van der Waals surface area contributed by atoms with Crippen molar-refractivity contribution in [3.63, 3.8) is 0 Å². The lowest BCUT2D eigenvalue weighted by Gasteiger charge is -2.18. The van der Waals surface area contributed by atoms with E-state index in [0.29, 0.717) is 5.56 Å². The van der Waals surface area contributed by atoms with E-state index in [2.05, 4.69) is 5.32 Å². The second kappa shape index (κ2) is 8.04. The molecule has 0 radical (unpaired) electrons. The van der Waals surface area contributed by atoms with Gasteiger partial charge >= 0.3 is 5.97 Å². The molecule has 0 fully saturated rings. The maximum Gasteiger partial charge on any atom is 0.339 e. The van der Waals surface area contributed by atoms with Crippen molar-refractivity contribution in [3.05, 3.63) is 80.4 Å². The van der Waals surface area contributed by atoms with Gasteiger partial charge in [0.2, 0.25) is 0 Å². The quantitative estimate of drug-likeness (QED) is 0.662. The van der Waals surface area contributed by atoms with E-state index >= 15 is 0 Å². The molecule has 25 heavy (non-hydrogen) atoms. The zero-order valence-corrected chi connectivity index (χ0v) is 14.6. The Morgan fingerprint density at radius 2 is 1.92 bits per heavy atom. The molecule has 128 valence electrons.